The smallest absolute Gasteiger partial charge is 0.258 e. The van der Waals surface area contributed by atoms with Crippen molar-refractivity contribution in [1.82, 2.24) is 51.8 Å². The quantitative estimate of drug-likeness (QED) is 0.0240. The highest BCUT2D eigenvalue weighted by Crippen LogP contribution is 2.46. The Morgan fingerprint density at radius 3 is 2.50 bits per heavy atom. The van der Waals surface area contributed by atoms with E-state index in [0.29, 0.717) is 77.0 Å². The molecule has 398 valence electrons. The lowest BCUT2D eigenvalue weighted by molar-refractivity contribution is -0.132. The monoisotopic (exact) mass is 1040 g/mol. The van der Waals surface area contributed by atoms with Gasteiger partial charge in [-0.05, 0) is 66.5 Å². The number of nitrogens with one attached hydrogen (secondary N) is 7. The van der Waals surface area contributed by atoms with Crippen LogP contribution in [0.5, 0.6) is 0 Å². The molecule has 3 aliphatic heterocycles. The number of fused-ring (bicyclic) bond motifs is 5. The number of carbonyl (C=O) groups excluding carboxylic acids is 6. The summed E-state index contributed by atoms with van der Waals surface area (Å²) in [7, 11) is 1.46. The van der Waals surface area contributed by atoms with Crippen LogP contribution in [0.2, 0.25) is 0 Å². The van der Waals surface area contributed by atoms with Gasteiger partial charge in [-0.2, -0.15) is 5.06 Å². The standard InChI is InChI=1S/C54H60FN11O10/c1-5-34-31(3)76-27-38-36(34)19-43-51-37(26-66(43)53(38)73)50-40(17-16-35-30(2)39(55)20-41(64-51)49(35)50)62-48(71)28-75-29-61-46(69)24-58-52(72)42(18-32-12-8-6-9-13-32)63-47(70)25-57-45(68)23-56-44(67)15-11-7-10-14-33-21-59-54(60-22-33)65(4)74/h6,8-9,12-13,19-22,34,40,42,54,59,74H,3,5,7,11,15-18,23-29H2,1-2,4H3,(H,56,67)(H,57,68)(H,58,72)(H,61,69)(H,62,71)(H,63,70). The van der Waals surface area contributed by atoms with Crippen LogP contribution in [0.3, 0.4) is 0 Å². The van der Waals surface area contributed by atoms with Gasteiger partial charge in [0.25, 0.3) is 5.56 Å². The van der Waals surface area contributed by atoms with Crippen LogP contribution in [0.25, 0.3) is 22.3 Å². The van der Waals surface area contributed by atoms with Crippen LogP contribution in [-0.4, -0.2) is 114 Å². The highest BCUT2D eigenvalue weighted by molar-refractivity contribution is 5.95. The molecule has 0 fully saturated rings. The molecule has 0 bridgehead atoms. The zero-order valence-corrected chi connectivity index (χ0v) is 42.4. The molecule has 5 heterocycles. The van der Waals surface area contributed by atoms with Crippen molar-refractivity contribution in [2.45, 2.75) is 96.2 Å². The van der Waals surface area contributed by atoms with Gasteiger partial charge in [0, 0.05) is 61.7 Å². The number of carbonyl (C=O) groups is 6. The SMILES string of the molecule is C=C1OCc2c(cc3n(c2=O)Cc2c-3nc3cc(F)c(C)c4c3c2C(NC(=O)COCNC(=O)CNC(=O)C(Cc2ccccc2)NC(=O)CNC(=O)CNC(=O)CCCC#CC2=CNC(N(C)O)N=C2)CC4)C1CC. The van der Waals surface area contributed by atoms with Crippen molar-refractivity contribution in [1.29, 1.82) is 0 Å². The molecule has 22 heteroatoms. The molecule has 4 atom stereocenters. The fraction of sp³-hybridized carbons (Fsp3) is 0.389. The topological polar surface area (TPSA) is 276 Å². The summed E-state index contributed by atoms with van der Waals surface area (Å²) >= 11 is 0. The Morgan fingerprint density at radius 1 is 1.00 bits per heavy atom. The average Bonchev–Trinajstić information content (AvgIpc) is 3.80. The van der Waals surface area contributed by atoms with Crippen molar-refractivity contribution in [3.8, 4) is 23.2 Å². The van der Waals surface area contributed by atoms with Gasteiger partial charge in [0.05, 0.1) is 66.0 Å². The minimum absolute atomic E-state index is 0.0615. The van der Waals surface area contributed by atoms with Crippen molar-refractivity contribution >= 4 is 52.6 Å². The second-order valence-electron chi connectivity index (χ2n) is 18.8. The number of benzene rings is 2. The predicted octanol–water partition coefficient (Wildman–Crippen LogP) is 2.02. The molecule has 8 rings (SSSR count). The van der Waals surface area contributed by atoms with E-state index in [1.807, 2.05) is 13.0 Å². The van der Waals surface area contributed by atoms with Gasteiger partial charge in [-0.15, -0.1) is 0 Å². The first-order valence-electron chi connectivity index (χ1n) is 25.0. The van der Waals surface area contributed by atoms with Crippen LogP contribution in [0.4, 0.5) is 4.39 Å². The van der Waals surface area contributed by atoms with Crippen LogP contribution >= 0.6 is 0 Å². The second-order valence-corrected chi connectivity index (χ2v) is 18.8. The summed E-state index contributed by atoms with van der Waals surface area (Å²) in [4.78, 5) is 101. The van der Waals surface area contributed by atoms with Crippen molar-refractivity contribution < 1.29 is 47.8 Å². The van der Waals surface area contributed by atoms with E-state index >= 15 is 4.39 Å². The van der Waals surface area contributed by atoms with Gasteiger partial charge in [-0.3, -0.25) is 38.6 Å². The molecule has 0 spiro atoms. The number of halogens is 1. The van der Waals surface area contributed by atoms with Crippen molar-refractivity contribution in [3.63, 3.8) is 0 Å². The highest BCUT2D eigenvalue weighted by Gasteiger charge is 2.37. The number of aromatic nitrogens is 2. The van der Waals surface area contributed by atoms with Crippen molar-refractivity contribution in [3.05, 3.63) is 122 Å². The van der Waals surface area contributed by atoms with Crippen LogP contribution in [-0.2, 0) is 64.2 Å². The van der Waals surface area contributed by atoms with Crippen molar-refractivity contribution in [2.75, 3.05) is 40.0 Å². The summed E-state index contributed by atoms with van der Waals surface area (Å²) in [6, 6.07) is 10.5. The molecule has 21 nitrogen and oxygen atoms in total. The minimum Gasteiger partial charge on any atom is -0.493 e. The zero-order chi connectivity index (χ0) is 54.0. The number of unbranched alkanes of at least 4 members (excludes halogenated alkanes) is 1. The summed E-state index contributed by atoms with van der Waals surface area (Å²) < 4.78 is 28.4. The Kier molecular flexibility index (Phi) is 17.3. The van der Waals surface area contributed by atoms with E-state index in [2.05, 4.69) is 60.6 Å². The molecule has 2 aromatic heterocycles. The number of pyridine rings is 2. The Bertz CT molecular complexity index is 3160. The fourth-order valence-corrected chi connectivity index (χ4v) is 9.70. The summed E-state index contributed by atoms with van der Waals surface area (Å²) in [5.74, 6) is 2.37. The van der Waals surface area contributed by atoms with E-state index in [1.54, 1.807) is 48.0 Å². The molecule has 2 aromatic carbocycles. The number of hydrogen-bond donors (Lipinski definition) is 8. The molecule has 8 N–H and O–H groups in total. The van der Waals surface area contributed by atoms with E-state index in [-0.39, 0.29) is 62.5 Å². The number of hydroxylamine groups is 2. The molecule has 1 aliphatic carbocycles. The largest absolute Gasteiger partial charge is 0.493 e. The predicted molar refractivity (Wildman–Crippen MR) is 276 cm³/mol. The second kappa shape index (κ2) is 24.4. The van der Waals surface area contributed by atoms with E-state index in [1.165, 1.54) is 19.3 Å². The maximum Gasteiger partial charge on any atom is 0.258 e. The summed E-state index contributed by atoms with van der Waals surface area (Å²) in [5.41, 5.74) is 6.96. The number of rotatable bonds is 20. The molecule has 6 amide bonds. The average molecular weight is 1040 g/mol. The first-order chi connectivity index (χ1) is 36.6. The maximum absolute atomic E-state index is 15.4. The van der Waals surface area contributed by atoms with Crippen LogP contribution in [0.15, 0.2) is 76.4 Å². The lowest BCUT2D eigenvalue weighted by atomic mass is 9.81. The Balaban J connectivity index is 0.791. The maximum atomic E-state index is 15.4. The van der Waals surface area contributed by atoms with E-state index in [0.717, 1.165) is 32.7 Å². The molecular weight excluding hydrogens is 982 g/mol. The number of allylic oxidation sites excluding steroid dienone is 2. The molecule has 76 heavy (non-hydrogen) atoms. The molecule has 4 unspecified atom stereocenters. The Morgan fingerprint density at radius 2 is 1.75 bits per heavy atom. The highest BCUT2D eigenvalue weighted by atomic mass is 19.1. The van der Waals surface area contributed by atoms with Gasteiger partial charge in [0.2, 0.25) is 35.4 Å². The minimum atomic E-state index is -1.14. The fourth-order valence-electron chi connectivity index (χ4n) is 9.70. The third kappa shape index (κ3) is 12.6. The first-order valence-corrected chi connectivity index (χ1v) is 25.0. The summed E-state index contributed by atoms with van der Waals surface area (Å²) in [6.45, 7) is 5.93. The number of aryl methyl sites for hydroxylation is 1. The van der Waals surface area contributed by atoms with Gasteiger partial charge in [0.15, 0.2) is 6.29 Å². The molecule has 4 aliphatic rings. The summed E-state index contributed by atoms with van der Waals surface area (Å²) in [6.07, 6.45) is 5.17. The zero-order valence-electron chi connectivity index (χ0n) is 42.4. The number of amides is 6. The Hall–Kier alpha value is -8.26. The number of aliphatic imine (C=N–C) groups is 1. The normalized spacial score (nSPS) is 17.1. The lowest BCUT2D eigenvalue weighted by Gasteiger charge is -2.29. The van der Waals surface area contributed by atoms with Gasteiger partial charge in [-0.1, -0.05) is 55.7 Å². The van der Waals surface area contributed by atoms with Crippen molar-refractivity contribution in [2.24, 2.45) is 4.99 Å². The summed E-state index contributed by atoms with van der Waals surface area (Å²) in [5, 5.41) is 29.5. The third-order valence-electron chi connectivity index (χ3n) is 13.6. The van der Waals surface area contributed by atoms with Crippen LogP contribution < -0.4 is 42.8 Å². The number of ether oxygens (including phenoxy) is 2. The van der Waals surface area contributed by atoms with Gasteiger partial charge >= 0.3 is 0 Å². The number of hydrogen-bond acceptors (Lipinski definition) is 14. The molecule has 0 saturated carbocycles. The van der Waals surface area contributed by atoms with Crippen LogP contribution in [0.1, 0.15) is 89.9 Å². The third-order valence-corrected chi connectivity index (χ3v) is 13.6. The molecule has 0 saturated heterocycles. The van der Waals surface area contributed by atoms with Gasteiger partial charge in [0.1, 0.15) is 31.8 Å². The first kappa shape index (κ1) is 54.0. The molecular formula is C54H60FN11O10. The lowest BCUT2D eigenvalue weighted by Crippen LogP contribution is -2.52. The van der Waals surface area contributed by atoms with Crippen LogP contribution in [0, 0.1) is 24.6 Å². The molecule has 0 radical (unpaired) electrons. The van der Waals surface area contributed by atoms with Gasteiger partial charge in [-0.25, -0.2) is 9.37 Å². The number of nitrogens with zero attached hydrogens (tertiary/aromatic N) is 4. The van der Waals surface area contributed by atoms with E-state index in [9.17, 15) is 38.8 Å². The Labute approximate surface area is 437 Å². The molecule has 4 aromatic rings. The van der Waals surface area contributed by atoms with E-state index in [4.69, 9.17) is 14.5 Å². The van der Waals surface area contributed by atoms with Gasteiger partial charge < -0.3 is 56.5 Å². The van der Waals surface area contributed by atoms with E-state index < -0.39 is 67.6 Å².